The highest BCUT2D eigenvalue weighted by atomic mass is 16.5. The van der Waals surface area contributed by atoms with Gasteiger partial charge in [0.15, 0.2) is 5.65 Å². The predicted molar refractivity (Wildman–Crippen MR) is 104 cm³/mol. The molecule has 6 heteroatoms. The van der Waals surface area contributed by atoms with Crippen LogP contribution < -0.4 is 0 Å². The van der Waals surface area contributed by atoms with Gasteiger partial charge in [0, 0.05) is 43.2 Å². The van der Waals surface area contributed by atoms with Crippen molar-refractivity contribution in [2.24, 2.45) is 0 Å². The molecule has 1 aromatic carbocycles. The van der Waals surface area contributed by atoms with E-state index in [-0.39, 0.29) is 12.0 Å². The van der Waals surface area contributed by atoms with Gasteiger partial charge in [-0.2, -0.15) is 5.10 Å². The van der Waals surface area contributed by atoms with Crippen LogP contribution in [0.5, 0.6) is 0 Å². The number of aromatic nitrogens is 3. The summed E-state index contributed by atoms with van der Waals surface area (Å²) >= 11 is 0. The summed E-state index contributed by atoms with van der Waals surface area (Å²) in [6.45, 7) is 4.34. The summed E-state index contributed by atoms with van der Waals surface area (Å²) in [5.41, 5.74) is 3.48. The molecule has 27 heavy (non-hydrogen) atoms. The summed E-state index contributed by atoms with van der Waals surface area (Å²) in [4.78, 5) is 19.2. The van der Waals surface area contributed by atoms with Gasteiger partial charge in [0.1, 0.15) is 0 Å². The van der Waals surface area contributed by atoms with Crippen molar-refractivity contribution >= 4 is 11.6 Å². The standard InChI is InChI=1S/C21H24N4O2/c1-2-13-27-18-5-3-11-24(15-18)21(26)17-8-6-16(7-9-17)19-14-23-25-12-4-10-22-20(19)25/h4,6-10,12,14,18H,2-3,5,11,13,15H2,1H3/t18-/m0/s1. The van der Waals surface area contributed by atoms with Crippen molar-refractivity contribution in [1.82, 2.24) is 19.5 Å². The first-order valence-electron chi connectivity index (χ1n) is 9.56. The van der Waals surface area contributed by atoms with Crippen LogP contribution in [-0.2, 0) is 4.74 Å². The molecule has 1 aliphatic rings. The summed E-state index contributed by atoms with van der Waals surface area (Å²) in [7, 11) is 0. The third-order valence-corrected chi connectivity index (χ3v) is 4.95. The van der Waals surface area contributed by atoms with Gasteiger partial charge in [-0.1, -0.05) is 19.1 Å². The van der Waals surface area contributed by atoms with Crippen LogP contribution in [0.25, 0.3) is 16.8 Å². The van der Waals surface area contributed by atoms with Crippen LogP contribution >= 0.6 is 0 Å². The predicted octanol–water partition coefficient (Wildman–Crippen LogP) is 3.43. The molecule has 0 N–H and O–H groups in total. The summed E-state index contributed by atoms with van der Waals surface area (Å²) in [6.07, 6.45) is 8.62. The molecule has 0 unspecified atom stereocenters. The Labute approximate surface area is 158 Å². The first-order chi connectivity index (χ1) is 13.3. The number of carbonyl (C=O) groups is 1. The molecule has 0 saturated carbocycles. The Bertz CT molecular complexity index is 919. The van der Waals surface area contributed by atoms with E-state index in [4.69, 9.17) is 4.74 Å². The molecule has 1 aliphatic heterocycles. The van der Waals surface area contributed by atoms with Gasteiger partial charge in [-0.05, 0) is 43.0 Å². The Morgan fingerprint density at radius 1 is 1.30 bits per heavy atom. The van der Waals surface area contributed by atoms with Gasteiger partial charge < -0.3 is 9.64 Å². The minimum absolute atomic E-state index is 0.0735. The molecule has 1 saturated heterocycles. The first-order valence-corrected chi connectivity index (χ1v) is 9.56. The average molecular weight is 364 g/mol. The van der Waals surface area contributed by atoms with Crippen LogP contribution in [-0.4, -0.2) is 51.2 Å². The normalized spacial score (nSPS) is 17.4. The van der Waals surface area contributed by atoms with Crippen molar-refractivity contribution in [1.29, 1.82) is 0 Å². The van der Waals surface area contributed by atoms with Gasteiger partial charge >= 0.3 is 0 Å². The highest BCUT2D eigenvalue weighted by Gasteiger charge is 2.24. The number of amides is 1. The fourth-order valence-corrected chi connectivity index (χ4v) is 3.55. The maximum Gasteiger partial charge on any atom is 0.253 e. The van der Waals surface area contributed by atoms with E-state index >= 15 is 0 Å². The van der Waals surface area contributed by atoms with E-state index in [2.05, 4.69) is 17.0 Å². The SMILES string of the molecule is CCCO[C@H]1CCCN(C(=O)c2ccc(-c3cnn4cccnc34)cc2)C1. The lowest BCUT2D eigenvalue weighted by Crippen LogP contribution is -2.43. The number of nitrogens with zero attached hydrogens (tertiary/aromatic N) is 4. The number of hydrogen-bond acceptors (Lipinski definition) is 4. The molecule has 1 fully saturated rings. The second-order valence-corrected chi connectivity index (χ2v) is 6.91. The zero-order valence-corrected chi connectivity index (χ0v) is 15.5. The van der Waals surface area contributed by atoms with Crippen molar-refractivity contribution in [3.8, 4) is 11.1 Å². The molecule has 3 heterocycles. The molecular formula is C21H24N4O2. The highest BCUT2D eigenvalue weighted by Crippen LogP contribution is 2.24. The van der Waals surface area contributed by atoms with Gasteiger partial charge in [0.05, 0.1) is 12.3 Å². The number of piperidine rings is 1. The van der Waals surface area contributed by atoms with Gasteiger partial charge in [-0.25, -0.2) is 9.50 Å². The van der Waals surface area contributed by atoms with Gasteiger partial charge in [0.2, 0.25) is 0 Å². The monoisotopic (exact) mass is 364 g/mol. The minimum Gasteiger partial charge on any atom is -0.376 e. The van der Waals surface area contributed by atoms with E-state index in [1.807, 2.05) is 41.4 Å². The molecule has 1 atom stereocenters. The second kappa shape index (κ2) is 7.88. The number of carbonyl (C=O) groups excluding carboxylic acids is 1. The van der Waals surface area contributed by atoms with Gasteiger partial charge in [-0.3, -0.25) is 4.79 Å². The van der Waals surface area contributed by atoms with Crippen LogP contribution in [0, 0.1) is 0 Å². The maximum absolute atomic E-state index is 12.9. The molecule has 140 valence electrons. The van der Waals surface area contributed by atoms with Gasteiger partial charge in [-0.15, -0.1) is 0 Å². The molecule has 0 radical (unpaired) electrons. The number of fused-ring (bicyclic) bond motifs is 1. The van der Waals surface area contributed by atoms with Crippen LogP contribution in [0.4, 0.5) is 0 Å². The molecule has 0 aliphatic carbocycles. The first kappa shape index (κ1) is 17.7. The Morgan fingerprint density at radius 2 is 2.15 bits per heavy atom. The molecule has 6 nitrogen and oxygen atoms in total. The number of rotatable bonds is 5. The van der Waals surface area contributed by atoms with E-state index in [1.165, 1.54) is 0 Å². The lowest BCUT2D eigenvalue weighted by atomic mass is 10.0. The summed E-state index contributed by atoms with van der Waals surface area (Å²) in [6, 6.07) is 9.56. The van der Waals surface area contributed by atoms with Crippen molar-refractivity contribution < 1.29 is 9.53 Å². The highest BCUT2D eigenvalue weighted by molar-refractivity contribution is 5.95. The van der Waals surface area contributed by atoms with Crippen molar-refractivity contribution in [2.75, 3.05) is 19.7 Å². The van der Waals surface area contributed by atoms with E-state index in [0.717, 1.165) is 49.2 Å². The molecule has 0 bridgehead atoms. The fourth-order valence-electron chi connectivity index (χ4n) is 3.55. The van der Waals surface area contributed by atoms with E-state index in [9.17, 15) is 4.79 Å². The quantitative estimate of drug-likeness (QED) is 0.696. The smallest absolute Gasteiger partial charge is 0.253 e. The topological polar surface area (TPSA) is 59.7 Å². The minimum atomic E-state index is 0.0735. The van der Waals surface area contributed by atoms with Crippen molar-refractivity contribution in [2.45, 2.75) is 32.3 Å². The second-order valence-electron chi connectivity index (χ2n) is 6.91. The lowest BCUT2D eigenvalue weighted by molar-refractivity contribution is 0.00211. The Morgan fingerprint density at radius 3 is 2.96 bits per heavy atom. The average Bonchev–Trinajstić information content (AvgIpc) is 3.16. The van der Waals surface area contributed by atoms with Crippen LogP contribution in [0.2, 0.25) is 0 Å². The van der Waals surface area contributed by atoms with Crippen molar-refractivity contribution in [3.05, 3.63) is 54.5 Å². The Kier molecular flexibility index (Phi) is 5.16. The molecular weight excluding hydrogens is 340 g/mol. The Hall–Kier alpha value is -2.73. The fraction of sp³-hybridized carbons (Fsp3) is 0.381. The lowest BCUT2D eigenvalue weighted by Gasteiger charge is -2.32. The van der Waals surface area contributed by atoms with Crippen molar-refractivity contribution in [3.63, 3.8) is 0 Å². The summed E-state index contributed by atoms with van der Waals surface area (Å²) < 4.78 is 7.60. The van der Waals surface area contributed by atoms with Crippen LogP contribution in [0.1, 0.15) is 36.5 Å². The molecule has 2 aromatic heterocycles. The Balaban J connectivity index is 1.49. The largest absolute Gasteiger partial charge is 0.376 e. The number of benzene rings is 1. The van der Waals surface area contributed by atoms with E-state index in [0.29, 0.717) is 12.1 Å². The molecule has 4 rings (SSSR count). The number of likely N-dealkylation sites (tertiary alicyclic amines) is 1. The number of ether oxygens (including phenoxy) is 1. The zero-order chi connectivity index (χ0) is 18.6. The van der Waals surface area contributed by atoms with Crippen LogP contribution in [0.15, 0.2) is 48.9 Å². The van der Waals surface area contributed by atoms with Gasteiger partial charge in [0.25, 0.3) is 5.91 Å². The van der Waals surface area contributed by atoms with E-state index < -0.39 is 0 Å². The third-order valence-electron chi connectivity index (χ3n) is 4.95. The zero-order valence-electron chi connectivity index (χ0n) is 15.5. The van der Waals surface area contributed by atoms with Crippen LogP contribution in [0.3, 0.4) is 0 Å². The van der Waals surface area contributed by atoms with E-state index in [1.54, 1.807) is 16.9 Å². The molecule has 1 amide bonds. The summed E-state index contributed by atoms with van der Waals surface area (Å²) in [5.74, 6) is 0.0735. The maximum atomic E-state index is 12.9. The summed E-state index contributed by atoms with van der Waals surface area (Å²) in [5, 5.41) is 4.32. The number of hydrogen-bond donors (Lipinski definition) is 0. The third kappa shape index (κ3) is 3.71. The molecule has 3 aromatic rings. The molecule has 0 spiro atoms.